The lowest BCUT2D eigenvalue weighted by atomic mass is 10.1. The Labute approximate surface area is 233 Å². The Morgan fingerprint density at radius 2 is 1.60 bits per heavy atom. The van der Waals surface area contributed by atoms with E-state index in [1.54, 1.807) is 60.7 Å². The van der Waals surface area contributed by atoms with Gasteiger partial charge in [-0.25, -0.2) is 13.3 Å². The van der Waals surface area contributed by atoms with Gasteiger partial charge in [0.05, 0.1) is 37.7 Å². The summed E-state index contributed by atoms with van der Waals surface area (Å²) in [5.41, 5.74) is 1.77. The van der Waals surface area contributed by atoms with Gasteiger partial charge in [-0.05, 0) is 73.9 Å². The minimum absolute atomic E-state index is 0.0553. The summed E-state index contributed by atoms with van der Waals surface area (Å²) in [6.45, 7) is 1.49. The lowest BCUT2D eigenvalue weighted by molar-refractivity contribution is -0.121. The smallest absolute Gasteiger partial charge is 0.264 e. The molecule has 2 N–H and O–H groups in total. The summed E-state index contributed by atoms with van der Waals surface area (Å²) in [7, 11) is -1.03. The van der Waals surface area contributed by atoms with E-state index < -0.39 is 22.0 Å². The van der Waals surface area contributed by atoms with Crippen LogP contribution in [0.1, 0.15) is 25.7 Å². The largest absolute Gasteiger partial charge is 0.497 e. The second kappa shape index (κ2) is 11.5. The first-order valence-corrected chi connectivity index (χ1v) is 14.6. The fraction of sp³-hybridized carbons (Fsp3) is 0.310. The number of hydrogen-bond acceptors (Lipinski definition) is 8. The van der Waals surface area contributed by atoms with Gasteiger partial charge in [0.25, 0.3) is 15.9 Å². The molecule has 3 aromatic rings. The highest BCUT2D eigenvalue weighted by atomic mass is 32.2. The predicted octanol–water partition coefficient (Wildman–Crippen LogP) is 4.24. The van der Waals surface area contributed by atoms with E-state index in [0.29, 0.717) is 34.2 Å². The van der Waals surface area contributed by atoms with Gasteiger partial charge >= 0.3 is 0 Å². The maximum absolute atomic E-state index is 13.8. The van der Waals surface area contributed by atoms with Crippen LogP contribution in [0.2, 0.25) is 0 Å². The number of para-hydroxylation sites is 2. The van der Waals surface area contributed by atoms with Crippen LogP contribution in [0.15, 0.2) is 71.6 Å². The Bertz CT molecular complexity index is 1500. The van der Waals surface area contributed by atoms with Crippen molar-refractivity contribution in [3.05, 3.63) is 66.7 Å². The number of piperidine rings is 1. The molecule has 3 aromatic carbocycles. The molecule has 1 unspecified atom stereocenters. The Balaban J connectivity index is 1.44. The molecule has 2 aliphatic rings. The van der Waals surface area contributed by atoms with Gasteiger partial charge in [0.1, 0.15) is 22.4 Å². The van der Waals surface area contributed by atoms with Crippen molar-refractivity contribution < 1.29 is 27.5 Å². The number of nitrogens with zero attached hydrogens (tertiary/aromatic N) is 2. The van der Waals surface area contributed by atoms with Crippen LogP contribution < -0.4 is 29.3 Å². The molecule has 0 spiro atoms. The number of methoxy groups -OCH3 is 2. The van der Waals surface area contributed by atoms with E-state index in [-0.39, 0.29) is 17.2 Å². The molecule has 2 saturated heterocycles. The van der Waals surface area contributed by atoms with Crippen LogP contribution in [0, 0.1) is 0 Å². The molecule has 5 rings (SSSR count). The minimum atomic E-state index is -4.05. The third-order valence-corrected chi connectivity index (χ3v) is 8.51. The van der Waals surface area contributed by atoms with Crippen LogP contribution in [0.25, 0.3) is 0 Å². The molecule has 2 aliphatic heterocycles. The molecule has 0 bridgehead atoms. The van der Waals surface area contributed by atoms with Gasteiger partial charge < -0.3 is 19.7 Å². The summed E-state index contributed by atoms with van der Waals surface area (Å²) in [6, 6.07) is 17.7. The number of sulfonamides is 1. The van der Waals surface area contributed by atoms with E-state index >= 15 is 0 Å². The van der Waals surface area contributed by atoms with Crippen LogP contribution in [0.3, 0.4) is 0 Å². The number of imide groups is 1. The highest BCUT2D eigenvalue weighted by Crippen LogP contribution is 2.35. The van der Waals surface area contributed by atoms with Crippen molar-refractivity contribution in [2.24, 2.45) is 0 Å². The van der Waals surface area contributed by atoms with Crippen LogP contribution >= 0.6 is 0 Å². The molecule has 10 nitrogen and oxygen atoms in total. The molecule has 210 valence electrons. The molecule has 2 fully saturated rings. The van der Waals surface area contributed by atoms with Gasteiger partial charge in [-0.3, -0.25) is 14.3 Å². The molecule has 2 amide bonds. The molecule has 1 atom stereocenters. The average molecular weight is 565 g/mol. The van der Waals surface area contributed by atoms with Crippen LogP contribution in [0.4, 0.5) is 22.7 Å². The van der Waals surface area contributed by atoms with Crippen molar-refractivity contribution in [2.45, 2.75) is 36.6 Å². The molecule has 0 aromatic heterocycles. The number of anilines is 4. The van der Waals surface area contributed by atoms with Gasteiger partial charge in [0, 0.05) is 18.8 Å². The van der Waals surface area contributed by atoms with Gasteiger partial charge in [0.15, 0.2) is 0 Å². The number of ether oxygens (including phenoxy) is 2. The zero-order valence-corrected chi connectivity index (χ0v) is 23.2. The highest BCUT2D eigenvalue weighted by Gasteiger charge is 2.40. The van der Waals surface area contributed by atoms with Gasteiger partial charge in [0.2, 0.25) is 5.91 Å². The normalized spacial score (nSPS) is 17.6. The van der Waals surface area contributed by atoms with Crippen molar-refractivity contribution in [1.82, 2.24) is 0 Å². The summed E-state index contributed by atoms with van der Waals surface area (Å²) < 4.78 is 40.7. The van der Waals surface area contributed by atoms with E-state index in [4.69, 9.17) is 9.47 Å². The Morgan fingerprint density at radius 3 is 2.30 bits per heavy atom. The minimum Gasteiger partial charge on any atom is -0.497 e. The van der Waals surface area contributed by atoms with Gasteiger partial charge in [-0.15, -0.1) is 0 Å². The zero-order chi connectivity index (χ0) is 28.3. The molecular formula is C29H32N4O6S. The third kappa shape index (κ3) is 5.55. The second-order valence-corrected chi connectivity index (χ2v) is 11.4. The topological polar surface area (TPSA) is 117 Å². The molecule has 2 heterocycles. The number of hydrogen-bond donors (Lipinski definition) is 2. The number of carbonyl (C=O) groups excluding carboxylic acids is 2. The molecular weight excluding hydrogens is 532 g/mol. The average Bonchev–Trinajstić information content (AvgIpc) is 3.25. The standard InChI is InChI=1S/C29H32N4O6S/c1-38-22-13-11-21(12-14-22)33-28(34)19-24(29(33)35)30-20-10-15-25(32-16-6-3-7-17-32)27(18-20)40(36,37)31-23-8-4-5-9-26(23)39-2/h4-5,8-15,18,24,30-31H,3,6-7,16-17,19H2,1-2H3. The summed E-state index contributed by atoms with van der Waals surface area (Å²) in [5.74, 6) is 0.255. The van der Waals surface area contributed by atoms with Crippen molar-refractivity contribution in [3.8, 4) is 11.5 Å². The lowest BCUT2D eigenvalue weighted by Gasteiger charge is -2.31. The van der Waals surface area contributed by atoms with Crippen molar-refractivity contribution in [3.63, 3.8) is 0 Å². The first kappa shape index (κ1) is 27.3. The number of carbonyl (C=O) groups is 2. The molecule has 0 saturated carbocycles. The summed E-state index contributed by atoms with van der Waals surface area (Å²) >= 11 is 0. The first-order chi connectivity index (χ1) is 19.3. The van der Waals surface area contributed by atoms with Crippen LogP contribution in [0.5, 0.6) is 11.5 Å². The fourth-order valence-corrected chi connectivity index (χ4v) is 6.42. The van der Waals surface area contributed by atoms with Gasteiger partial charge in [-0.1, -0.05) is 12.1 Å². The predicted molar refractivity (Wildman–Crippen MR) is 154 cm³/mol. The zero-order valence-electron chi connectivity index (χ0n) is 22.4. The lowest BCUT2D eigenvalue weighted by Crippen LogP contribution is -2.35. The number of nitrogens with one attached hydrogen (secondary N) is 2. The van der Waals surface area contributed by atoms with E-state index in [0.717, 1.165) is 37.3 Å². The molecule has 0 radical (unpaired) electrons. The Morgan fingerprint density at radius 1 is 0.875 bits per heavy atom. The van der Waals surface area contributed by atoms with Crippen molar-refractivity contribution >= 4 is 44.6 Å². The van der Waals surface area contributed by atoms with E-state index in [9.17, 15) is 18.0 Å². The summed E-state index contributed by atoms with van der Waals surface area (Å²) in [6.07, 6.45) is 2.99. The third-order valence-electron chi connectivity index (χ3n) is 7.12. The summed E-state index contributed by atoms with van der Waals surface area (Å²) in [5, 5.41) is 3.10. The fourth-order valence-electron chi connectivity index (χ4n) is 5.09. The number of benzene rings is 3. The van der Waals surface area contributed by atoms with Crippen molar-refractivity contribution in [2.75, 3.05) is 47.1 Å². The first-order valence-electron chi connectivity index (χ1n) is 13.1. The summed E-state index contributed by atoms with van der Waals surface area (Å²) in [4.78, 5) is 29.3. The van der Waals surface area contributed by atoms with Crippen LogP contribution in [-0.2, 0) is 19.6 Å². The van der Waals surface area contributed by atoms with E-state index in [2.05, 4.69) is 14.9 Å². The SMILES string of the molecule is COc1ccc(N2C(=O)CC(Nc3ccc(N4CCCCC4)c(S(=O)(=O)Nc4ccccc4OC)c3)C2=O)cc1. The van der Waals surface area contributed by atoms with E-state index in [1.807, 2.05) is 0 Å². The monoisotopic (exact) mass is 564 g/mol. The van der Waals surface area contributed by atoms with Crippen molar-refractivity contribution in [1.29, 1.82) is 0 Å². The number of amides is 2. The maximum atomic E-state index is 13.8. The van der Waals surface area contributed by atoms with Crippen LogP contribution in [-0.4, -0.2) is 53.6 Å². The maximum Gasteiger partial charge on any atom is 0.264 e. The Hall–Kier alpha value is -4.25. The molecule has 0 aliphatic carbocycles. The Kier molecular flexibility index (Phi) is 7.83. The quantitative estimate of drug-likeness (QED) is 0.371. The highest BCUT2D eigenvalue weighted by molar-refractivity contribution is 7.93. The molecule has 40 heavy (non-hydrogen) atoms. The molecule has 11 heteroatoms. The van der Waals surface area contributed by atoms with Gasteiger partial charge in [-0.2, -0.15) is 0 Å². The second-order valence-electron chi connectivity index (χ2n) is 9.70. The van der Waals surface area contributed by atoms with E-state index in [1.165, 1.54) is 20.3 Å². The number of rotatable bonds is 9.